The van der Waals surface area contributed by atoms with Crippen LogP contribution in [0.25, 0.3) is 0 Å². The lowest BCUT2D eigenvalue weighted by atomic mass is 9.93. The third kappa shape index (κ3) is 3.05. The zero-order valence-electron chi connectivity index (χ0n) is 10.7. The van der Waals surface area contributed by atoms with Crippen molar-refractivity contribution in [2.24, 2.45) is 0 Å². The first-order chi connectivity index (χ1) is 9.81. The molecule has 3 rings (SSSR count). The van der Waals surface area contributed by atoms with Crippen LogP contribution in [-0.4, -0.2) is 20.3 Å². The van der Waals surface area contributed by atoms with Crippen LogP contribution >= 0.6 is 11.6 Å². The van der Waals surface area contributed by atoms with Crippen molar-refractivity contribution in [2.45, 2.75) is 18.8 Å². The second-order valence-corrected chi connectivity index (χ2v) is 5.06. The van der Waals surface area contributed by atoms with E-state index in [0.717, 1.165) is 29.3 Å². The number of nitrogens with zero attached hydrogens (tertiary/aromatic N) is 3. The van der Waals surface area contributed by atoms with Crippen LogP contribution in [0.5, 0.6) is 0 Å². The van der Waals surface area contributed by atoms with Gasteiger partial charge in [-0.1, -0.05) is 23.7 Å². The second-order valence-electron chi connectivity index (χ2n) is 4.63. The van der Waals surface area contributed by atoms with E-state index in [9.17, 15) is 0 Å². The number of halogens is 1. The van der Waals surface area contributed by atoms with E-state index in [1.54, 1.807) is 12.5 Å². The van der Waals surface area contributed by atoms with Gasteiger partial charge >= 0.3 is 0 Å². The van der Waals surface area contributed by atoms with Gasteiger partial charge in [0.15, 0.2) is 5.76 Å². The Morgan fingerprint density at radius 1 is 1.15 bits per heavy atom. The Balaban J connectivity index is 1.80. The molecule has 1 aromatic carbocycles. The number of nitrogens with one attached hydrogen (secondary N) is 1. The maximum atomic E-state index is 5.91. The summed E-state index contributed by atoms with van der Waals surface area (Å²) in [4.78, 5) is 7.15. The molecule has 0 aliphatic carbocycles. The molecular weight excluding hydrogens is 276 g/mol. The summed E-state index contributed by atoms with van der Waals surface area (Å²) in [7, 11) is 0. The molecule has 20 heavy (non-hydrogen) atoms. The van der Waals surface area contributed by atoms with Gasteiger partial charge in [0.25, 0.3) is 0 Å². The van der Waals surface area contributed by atoms with E-state index in [1.165, 1.54) is 5.56 Å². The highest BCUT2D eigenvalue weighted by Crippen LogP contribution is 2.24. The van der Waals surface area contributed by atoms with Crippen LogP contribution < -0.4 is 0 Å². The summed E-state index contributed by atoms with van der Waals surface area (Å²) < 4.78 is 5.22. The molecule has 0 bridgehead atoms. The normalized spacial score (nSPS) is 12.4. The Morgan fingerprint density at radius 2 is 2.00 bits per heavy atom. The number of hydrogen-bond acceptors (Lipinski definition) is 4. The van der Waals surface area contributed by atoms with Crippen molar-refractivity contribution in [1.82, 2.24) is 20.3 Å². The fraction of sp³-hybridized carbons (Fsp3) is 0.214. The summed E-state index contributed by atoms with van der Waals surface area (Å²) in [5.74, 6) is 0.932. The molecule has 1 unspecified atom stereocenters. The lowest BCUT2D eigenvalue weighted by Crippen LogP contribution is -2.06. The van der Waals surface area contributed by atoms with Gasteiger partial charge in [0.1, 0.15) is 0 Å². The van der Waals surface area contributed by atoms with E-state index in [2.05, 4.69) is 20.3 Å². The molecule has 0 spiro atoms. The second kappa shape index (κ2) is 5.88. The molecule has 3 aromatic rings. The van der Waals surface area contributed by atoms with Crippen molar-refractivity contribution in [3.05, 3.63) is 65.0 Å². The molecule has 0 amide bonds. The molecule has 5 nitrogen and oxygen atoms in total. The quantitative estimate of drug-likeness (QED) is 0.783. The minimum Gasteiger partial charge on any atom is -0.348 e. The molecule has 1 atom stereocenters. The van der Waals surface area contributed by atoms with Crippen molar-refractivity contribution in [3.8, 4) is 0 Å². The molecule has 6 heteroatoms. The van der Waals surface area contributed by atoms with E-state index in [1.807, 2.05) is 30.5 Å². The summed E-state index contributed by atoms with van der Waals surface area (Å²) >= 11 is 5.91. The maximum absolute atomic E-state index is 5.91. The van der Waals surface area contributed by atoms with Crippen molar-refractivity contribution >= 4 is 11.6 Å². The van der Waals surface area contributed by atoms with Gasteiger partial charge in [-0.05, 0) is 30.5 Å². The first-order valence-electron chi connectivity index (χ1n) is 6.30. The van der Waals surface area contributed by atoms with Gasteiger partial charge in [0.05, 0.1) is 12.5 Å². The minimum absolute atomic E-state index is 0.159. The Labute approximate surface area is 121 Å². The predicted molar refractivity (Wildman–Crippen MR) is 74.5 cm³/mol. The van der Waals surface area contributed by atoms with E-state index in [0.29, 0.717) is 0 Å². The Morgan fingerprint density at radius 3 is 2.65 bits per heavy atom. The standard InChI is InChI=1S/C14H13ClN4O/c15-12-3-1-10(2-4-12)5-11(14-8-18-19-20-14)6-13-7-16-9-17-13/h1-4,7-9,11H,5-6H2,(H,16,17). The molecular formula is C14H13ClN4O. The largest absolute Gasteiger partial charge is 0.348 e. The zero-order chi connectivity index (χ0) is 13.8. The molecule has 102 valence electrons. The van der Waals surface area contributed by atoms with Crippen molar-refractivity contribution < 1.29 is 4.52 Å². The zero-order valence-corrected chi connectivity index (χ0v) is 11.4. The number of aromatic amines is 1. The lowest BCUT2D eigenvalue weighted by Gasteiger charge is -2.12. The molecule has 0 fully saturated rings. The molecule has 0 radical (unpaired) electrons. The van der Waals surface area contributed by atoms with Gasteiger partial charge in [-0.25, -0.2) is 4.98 Å². The highest BCUT2D eigenvalue weighted by molar-refractivity contribution is 6.30. The smallest absolute Gasteiger partial charge is 0.160 e. The average Bonchev–Trinajstić information content (AvgIpc) is 3.12. The first kappa shape index (κ1) is 12.9. The summed E-state index contributed by atoms with van der Waals surface area (Å²) in [6.07, 6.45) is 6.77. The average molecular weight is 289 g/mol. The third-order valence-corrected chi connectivity index (χ3v) is 3.45. The summed E-state index contributed by atoms with van der Waals surface area (Å²) in [6, 6.07) is 7.82. The van der Waals surface area contributed by atoms with Gasteiger partial charge in [0, 0.05) is 28.1 Å². The number of aromatic nitrogens is 4. The third-order valence-electron chi connectivity index (χ3n) is 3.20. The number of H-pyrrole nitrogens is 1. The van der Waals surface area contributed by atoms with Crippen LogP contribution in [0.4, 0.5) is 0 Å². The van der Waals surface area contributed by atoms with Gasteiger partial charge in [-0.15, -0.1) is 5.10 Å². The van der Waals surface area contributed by atoms with Crippen LogP contribution in [0, 0.1) is 0 Å². The molecule has 0 aliphatic heterocycles. The molecule has 1 N–H and O–H groups in total. The maximum Gasteiger partial charge on any atom is 0.160 e. The van der Waals surface area contributed by atoms with Gasteiger partial charge < -0.3 is 9.51 Å². The Bertz CT molecular complexity index is 634. The monoisotopic (exact) mass is 288 g/mol. The van der Waals surface area contributed by atoms with Crippen LogP contribution in [0.3, 0.4) is 0 Å². The molecule has 2 heterocycles. The van der Waals surface area contributed by atoms with Crippen LogP contribution in [-0.2, 0) is 12.8 Å². The predicted octanol–water partition coefficient (Wildman–Crippen LogP) is 3.02. The van der Waals surface area contributed by atoms with Crippen LogP contribution in [0.15, 0.2) is 47.5 Å². The summed E-state index contributed by atoms with van der Waals surface area (Å²) in [5, 5.41) is 8.06. The van der Waals surface area contributed by atoms with Crippen molar-refractivity contribution in [3.63, 3.8) is 0 Å². The number of rotatable bonds is 5. The first-order valence-corrected chi connectivity index (χ1v) is 6.68. The summed E-state index contributed by atoms with van der Waals surface area (Å²) in [6.45, 7) is 0. The minimum atomic E-state index is 0.159. The van der Waals surface area contributed by atoms with Crippen molar-refractivity contribution in [1.29, 1.82) is 0 Å². The SMILES string of the molecule is Clc1ccc(CC(Cc2cnc[nH]2)c2cnno2)cc1. The highest BCUT2D eigenvalue weighted by atomic mass is 35.5. The van der Waals surface area contributed by atoms with E-state index >= 15 is 0 Å². The topological polar surface area (TPSA) is 67.6 Å². The van der Waals surface area contributed by atoms with E-state index < -0.39 is 0 Å². The summed E-state index contributed by atoms with van der Waals surface area (Å²) in [5.41, 5.74) is 2.25. The number of benzene rings is 1. The number of imidazole rings is 1. The van der Waals surface area contributed by atoms with E-state index in [4.69, 9.17) is 16.1 Å². The Hall–Kier alpha value is -2.14. The number of hydrogen-bond donors (Lipinski definition) is 1. The van der Waals surface area contributed by atoms with Gasteiger partial charge in [-0.3, -0.25) is 0 Å². The Kier molecular flexibility index (Phi) is 3.78. The fourth-order valence-electron chi connectivity index (χ4n) is 2.19. The van der Waals surface area contributed by atoms with Gasteiger partial charge in [-0.2, -0.15) is 0 Å². The molecule has 0 saturated heterocycles. The molecule has 0 saturated carbocycles. The van der Waals surface area contributed by atoms with Crippen molar-refractivity contribution in [2.75, 3.05) is 0 Å². The lowest BCUT2D eigenvalue weighted by molar-refractivity contribution is 0.340. The molecule has 2 aromatic heterocycles. The van der Waals surface area contributed by atoms with Crippen LogP contribution in [0.2, 0.25) is 5.02 Å². The van der Waals surface area contributed by atoms with Gasteiger partial charge in [0.2, 0.25) is 0 Å². The molecule has 0 aliphatic rings. The highest BCUT2D eigenvalue weighted by Gasteiger charge is 2.18. The fourth-order valence-corrected chi connectivity index (χ4v) is 2.32. The van der Waals surface area contributed by atoms with E-state index in [-0.39, 0.29) is 5.92 Å². The van der Waals surface area contributed by atoms with Crippen LogP contribution in [0.1, 0.15) is 22.9 Å².